The zero-order valence-corrected chi connectivity index (χ0v) is 12.4. The van der Waals surface area contributed by atoms with Crippen LogP contribution in [0.5, 0.6) is 0 Å². The Balaban J connectivity index is 2.22. The topological polar surface area (TPSA) is 38.0 Å². The Kier molecular flexibility index (Phi) is 4.80. The first kappa shape index (κ1) is 15.7. The van der Waals surface area contributed by atoms with Gasteiger partial charge in [-0.15, -0.1) is 0 Å². The van der Waals surface area contributed by atoms with Gasteiger partial charge in [-0.25, -0.2) is 8.78 Å². The van der Waals surface area contributed by atoms with Crippen molar-refractivity contribution in [2.75, 3.05) is 11.9 Å². The summed E-state index contributed by atoms with van der Waals surface area (Å²) in [6.45, 7) is 2.18. The van der Waals surface area contributed by atoms with Gasteiger partial charge in [0.1, 0.15) is 11.6 Å². The lowest BCUT2D eigenvalue weighted by Gasteiger charge is -2.31. The molecule has 0 aliphatic carbocycles. The molecule has 0 bridgehead atoms. The van der Waals surface area contributed by atoms with Gasteiger partial charge < -0.3 is 11.1 Å². The van der Waals surface area contributed by atoms with E-state index in [9.17, 15) is 8.78 Å². The second kappa shape index (κ2) is 6.41. The molecule has 0 spiro atoms. The second-order valence-corrected chi connectivity index (χ2v) is 5.73. The Hall–Kier alpha value is -1.65. The minimum absolute atomic E-state index is 0.288. The van der Waals surface area contributed by atoms with Crippen LogP contribution in [0.15, 0.2) is 42.5 Å². The molecule has 0 aliphatic heterocycles. The van der Waals surface area contributed by atoms with E-state index in [0.717, 1.165) is 5.56 Å². The van der Waals surface area contributed by atoms with Crippen molar-refractivity contribution in [3.05, 3.63) is 64.7 Å². The minimum Gasteiger partial charge on any atom is -0.377 e. The molecular formula is C16H17ClF2N2. The van der Waals surface area contributed by atoms with Gasteiger partial charge in [0.25, 0.3) is 0 Å². The Morgan fingerprint density at radius 3 is 2.52 bits per heavy atom. The summed E-state index contributed by atoms with van der Waals surface area (Å²) in [5.74, 6) is -0.678. The third-order valence-electron chi connectivity index (χ3n) is 3.30. The Morgan fingerprint density at radius 1 is 1.14 bits per heavy atom. The van der Waals surface area contributed by atoms with E-state index in [2.05, 4.69) is 5.32 Å². The largest absolute Gasteiger partial charge is 0.377 e. The number of hydrogen-bond acceptors (Lipinski definition) is 2. The van der Waals surface area contributed by atoms with Gasteiger partial charge >= 0.3 is 0 Å². The fraction of sp³-hybridized carbons (Fsp3) is 0.250. The molecule has 0 heterocycles. The molecule has 21 heavy (non-hydrogen) atoms. The lowest BCUT2D eigenvalue weighted by Crippen LogP contribution is -2.44. The van der Waals surface area contributed by atoms with E-state index in [-0.39, 0.29) is 18.2 Å². The summed E-state index contributed by atoms with van der Waals surface area (Å²) < 4.78 is 26.6. The molecule has 0 saturated heterocycles. The van der Waals surface area contributed by atoms with Crippen molar-refractivity contribution in [1.29, 1.82) is 0 Å². The van der Waals surface area contributed by atoms with Crippen molar-refractivity contribution in [2.45, 2.75) is 18.9 Å². The van der Waals surface area contributed by atoms with Gasteiger partial charge in [-0.1, -0.05) is 23.7 Å². The average molecular weight is 311 g/mol. The Bertz CT molecular complexity index is 633. The molecule has 0 saturated carbocycles. The lowest BCUT2D eigenvalue weighted by atomic mass is 9.92. The zero-order valence-electron chi connectivity index (χ0n) is 11.7. The smallest absolute Gasteiger partial charge is 0.125 e. The molecule has 0 aliphatic rings. The van der Waals surface area contributed by atoms with Crippen LogP contribution in [0.3, 0.4) is 0 Å². The first-order valence-corrected chi connectivity index (χ1v) is 6.97. The van der Waals surface area contributed by atoms with Crippen LogP contribution < -0.4 is 11.1 Å². The Morgan fingerprint density at radius 2 is 1.86 bits per heavy atom. The van der Waals surface area contributed by atoms with E-state index in [0.29, 0.717) is 17.1 Å². The third-order valence-corrected chi connectivity index (χ3v) is 3.63. The van der Waals surface area contributed by atoms with E-state index >= 15 is 0 Å². The van der Waals surface area contributed by atoms with Crippen LogP contribution >= 0.6 is 11.6 Å². The van der Waals surface area contributed by atoms with Gasteiger partial charge in [0.2, 0.25) is 0 Å². The molecule has 2 aromatic carbocycles. The molecule has 2 nitrogen and oxygen atoms in total. The molecule has 0 fully saturated rings. The van der Waals surface area contributed by atoms with Gasteiger partial charge in [-0.05, 0) is 49.2 Å². The number of halogens is 3. The number of anilines is 1. The number of nitrogens with one attached hydrogen (secondary N) is 1. The summed E-state index contributed by atoms with van der Waals surface area (Å²) in [5.41, 5.74) is 6.55. The van der Waals surface area contributed by atoms with Crippen LogP contribution in [0.1, 0.15) is 12.5 Å². The van der Waals surface area contributed by atoms with E-state index in [1.807, 2.05) is 13.0 Å². The van der Waals surface area contributed by atoms with Crippen molar-refractivity contribution in [3.63, 3.8) is 0 Å². The zero-order chi connectivity index (χ0) is 15.5. The van der Waals surface area contributed by atoms with Crippen molar-refractivity contribution < 1.29 is 8.78 Å². The van der Waals surface area contributed by atoms with Crippen LogP contribution in [0.4, 0.5) is 14.5 Å². The Labute approximate surface area is 127 Å². The number of benzene rings is 2. The number of rotatable bonds is 5. The molecule has 2 rings (SSSR count). The highest BCUT2D eigenvalue weighted by Crippen LogP contribution is 2.27. The molecule has 3 N–H and O–H groups in total. The molecule has 0 radical (unpaired) electrons. The van der Waals surface area contributed by atoms with E-state index in [1.54, 1.807) is 6.07 Å². The molecule has 0 amide bonds. The number of hydrogen-bond donors (Lipinski definition) is 2. The van der Waals surface area contributed by atoms with Crippen LogP contribution in [0, 0.1) is 11.6 Å². The van der Waals surface area contributed by atoms with Gasteiger partial charge in [0.15, 0.2) is 0 Å². The van der Waals surface area contributed by atoms with Crippen LogP contribution in [0.2, 0.25) is 5.02 Å². The first-order valence-electron chi connectivity index (χ1n) is 6.60. The summed E-state index contributed by atoms with van der Waals surface area (Å²) >= 11 is 6.06. The van der Waals surface area contributed by atoms with Crippen molar-refractivity contribution in [3.8, 4) is 0 Å². The SMILES string of the molecule is CC(CN)(Cc1cccc(F)c1)Nc1cc(F)ccc1Cl. The fourth-order valence-corrected chi connectivity index (χ4v) is 2.35. The molecule has 5 heteroatoms. The molecule has 112 valence electrons. The maximum absolute atomic E-state index is 13.3. The number of nitrogens with two attached hydrogens (primary N) is 1. The maximum atomic E-state index is 13.3. The summed E-state index contributed by atoms with van der Waals surface area (Å²) in [5, 5.41) is 3.58. The van der Waals surface area contributed by atoms with E-state index in [4.69, 9.17) is 17.3 Å². The predicted octanol–water partition coefficient (Wildman–Crippen LogP) is 3.99. The minimum atomic E-state index is -0.564. The van der Waals surface area contributed by atoms with Crippen molar-refractivity contribution >= 4 is 17.3 Å². The fourth-order valence-electron chi connectivity index (χ4n) is 2.18. The molecule has 2 aromatic rings. The van der Waals surface area contributed by atoms with E-state index in [1.165, 1.54) is 30.3 Å². The standard InChI is InChI=1S/C16H17ClF2N2/c1-16(10-20,9-11-3-2-4-12(18)7-11)21-15-8-13(19)5-6-14(15)17/h2-8,21H,9-10,20H2,1H3. The van der Waals surface area contributed by atoms with E-state index < -0.39 is 5.54 Å². The summed E-state index contributed by atoms with van der Waals surface area (Å²) in [4.78, 5) is 0. The van der Waals surface area contributed by atoms with Crippen molar-refractivity contribution in [1.82, 2.24) is 0 Å². The van der Waals surface area contributed by atoms with Gasteiger partial charge in [-0.3, -0.25) is 0 Å². The van der Waals surface area contributed by atoms with Gasteiger partial charge in [-0.2, -0.15) is 0 Å². The third kappa shape index (κ3) is 4.16. The maximum Gasteiger partial charge on any atom is 0.125 e. The molecule has 1 unspecified atom stereocenters. The molecule has 1 atom stereocenters. The summed E-state index contributed by atoms with van der Waals surface area (Å²) in [6.07, 6.45) is 0.494. The van der Waals surface area contributed by atoms with Crippen LogP contribution in [0.25, 0.3) is 0 Å². The lowest BCUT2D eigenvalue weighted by molar-refractivity contribution is 0.517. The molecule has 0 aromatic heterocycles. The van der Waals surface area contributed by atoms with Gasteiger partial charge in [0.05, 0.1) is 16.2 Å². The monoisotopic (exact) mass is 310 g/mol. The highest BCUT2D eigenvalue weighted by molar-refractivity contribution is 6.33. The summed E-state index contributed by atoms with van der Waals surface area (Å²) in [7, 11) is 0. The summed E-state index contributed by atoms with van der Waals surface area (Å²) in [6, 6.07) is 10.4. The van der Waals surface area contributed by atoms with Crippen LogP contribution in [-0.2, 0) is 6.42 Å². The van der Waals surface area contributed by atoms with Gasteiger partial charge in [0, 0.05) is 6.54 Å². The second-order valence-electron chi connectivity index (χ2n) is 5.32. The first-order chi connectivity index (χ1) is 9.92. The predicted molar refractivity (Wildman–Crippen MR) is 82.6 cm³/mol. The van der Waals surface area contributed by atoms with Crippen LogP contribution in [-0.4, -0.2) is 12.1 Å². The highest BCUT2D eigenvalue weighted by atomic mass is 35.5. The quantitative estimate of drug-likeness (QED) is 0.876. The highest BCUT2D eigenvalue weighted by Gasteiger charge is 2.24. The average Bonchev–Trinajstić information content (AvgIpc) is 2.43. The normalized spacial score (nSPS) is 13.8. The van der Waals surface area contributed by atoms with Crippen molar-refractivity contribution in [2.24, 2.45) is 5.73 Å². The molecular weight excluding hydrogens is 294 g/mol.